The van der Waals surface area contributed by atoms with Gasteiger partial charge in [-0.1, -0.05) is 31.9 Å². The van der Waals surface area contributed by atoms with Gasteiger partial charge >= 0.3 is 6.03 Å². The summed E-state index contributed by atoms with van der Waals surface area (Å²) in [5.41, 5.74) is 2.00. The quantitative estimate of drug-likeness (QED) is 0.781. The maximum Gasteiger partial charge on any atom is 0.319 e. The number of urea groups is 1. The molecule has 1 aromatic carbocycles. The van der Waals surface area contributed by atoms with Crippen LogP contribution in [0.5, 0.6) is 0 Å². The van der Waals surface area contributed by atoms with Crippen LogP contribution in [0.15, 0.2) is 24.3 Å². The summed E-state index contributed by atoms with van der Waals surface area (Å²) in [6, 6.07) is 7.54. The highest BCUT2D eigenvalue weighted by molar-refractivity contribution is 7.98. The molecule has 0 heterocycles. The molecule has 0 aliphatic heterocycles. The number of thioether (sulfide) groups is 1. The maximum atomic E-state index is 12.0. The van der Waals surface area contributed by atoms with E-state index in [2.05, 4.69) is 23.6 Å². The van der Waals surface area contributed by atoms with Crippen molar-refractivity contribution in [1.82, 2.24) is 5.32 Å². The summed E-state index contributed by atoms with van der Waals surface area (Å²) in [5.74, 6) is 2.03. The van der Waals surface area contributed by atoms with Gasteiger partial charge in [-0.15, -0.1) is 0 Å². The Balaban J connectivity index is 1.87. The molecule has 5 heteroatoms. The minimum absolute atomic E-state index is 0.127. The van der Waals surface area contributed by atoms with Gasteiger partial charge in [-0.3, -0.25) is 0 Å². The van der Waals surface area contributed by atoms with Crippen LogP contribution in [0.4, 0.5) is 10.5 Å². The first-order chi connectivity index (χ1) is 10.2. The molecule has 1 fully saturated rings. The van der Waals surface area contributed by atoms with Crippen molar-refractivity contribution in [2.45, 2.75) is 50.5 Å². The smallest absolute Gasteiger partial charge is 0.319 e. The maximum absolute atomic E-state index is 12.0. The number of amides is 2. The van der Waals surface area contributed by atoms with Crippen LogP contribution in [0, 0.1) is 0 Å². The summed E-state index contributed by atoms with van der Waals surface area (Å²) in [6.45, 7) is 2.13. The summed E-state index contributed by atoms with van der Waals surface area (Å²) < 4.78 is 0. The van der Waals surface area contributed by atoms with Crippen molar-refractivity contribution in [3.8, 4) is 0 Å². The molecular formula is C16H24N2O2S. The highest BCUT2D eigenvalue weighted by atomic mass is 32.2. The van der Waals surface area contributed by atoms with E-state index in [9.17, 15) is 9.90 Å². The van der Waals surface area contributed by atoms with Crippen LogP contribution in [0.1, 0.15) is 38.2 Å². The van der Waals surface area contributed by atoms with E-state index in [-0.39, 0.29) is 12.1 Å². The van der Waals surface area contributed by atoms with Crippen LogP contribution >= 0.6 is 11.8 Å². The van der Waals surface area contributed by atoms with E-state index in [0.29, 0.717) is 0 Å². The summed E-state index contributed by atoms with van der Waals surface area (Å²) in [7, 11) is 0. The number of aliphatic hydroxyl groups excluding tert-OH is 1. The fourth-order valence-electron chi connectivity index (χ4n) is 2.57. The zero-order valence-electron chi connectivity index (χ0n) is 12.5. The van der Waals surface area contributed by atoms with Crippen molar-refractivity contribution in [2.24, 2.45) is 0 Å². The fraction of sp³-hybridized carbons (Fsp3) is 0.562. The molecule has 0 radical (unpaired) electrons. The minimum Gasteiger partial charge on any atom is -0.391 e. The van der Waals surface area contributed by atoms with E-state index in [1.807, 2.05) is 30.0 Å². The van der Waals surface area contributed by atoms with Crippen molar-refractivity contribution in [2.75, 3.05) is 11.1 Å². The van der Waals surface area contributed by atoms with Crippen molar-refractivity contribution in [3.05, 3.63) is 29.8 Å². The minimum atomic E-state index is -0.420. The first kappa shape index (κ1) is 16.2. The van der Waals surface area contributed by atoms with E-state index >= 15 is 0 Å². The topological polar surface area (TPSA) is 61.4 Å². The molecule has 2 amide bonds. The molecule has 4 nitrogen and oxygen atoms in total. The van der Waals surface area contributed by atoms with E-state index in [0.717, 1.165) is 42.9 Å². The standard InChI is InChI=1S/C16H24N2O2S/c1-2-21-11-12-6-5-7-13(10-12)17-16(20)18-14-8-3-4-9-15(14)19/h5-7,10,14-15,19H,2-4,8-9,11H2,1H3,(H2,17,18,20). The predicted octanol–water partition coefficient (Wildman–Crippen LogP) is 3.36. The molecule has 2 unspecified atom stereocenters. The van der Waals surface area contributed by atoms with E-state index in [4.69, 9.17) is 0 Å². The number of hydrogen-bond donors (Lipinski definition) is 3. The Kier molecular flexibility index (Phi) is 6.39. The third kappa shape index (κ3) is 5.25. The number of nitrogens with one attached hydrogen (secondary N) is 2. The Morgan fingerprint density at radius 3 is 2.95 bits per heavy atom. The fourth-order valence-corrected chi connectivity index (χ4v) is 3.19. The Hall–Kier alpha value is -1.20. The van der Waals surface area contributed by atoms with Crippen molar-refractivity contribution in [3.63, 3.8) is 0 Å². The molecule has 1 aliphatic rings. The predicted molar refractivity (Wildman–Crippen MR) is 88.7 cm³/mol. The van der Waals surface area contributed by atoms with Gasteiger partial charge in [0.05, 0.1) is 12.1 Å². The molecule has 116 valence electrons. The first-order valence-electron chi connectivity index (χ1n) is 7.61. The third-order valence-electron chi connectivity index (χ3n) is 3.70. The normalized spacial score (nSPS) is 21.8. The monoisotopic (exact) mass is 308 g/mol. The average molecular weight is 308 g/mol. The molecule has 0 spiro atoms. The lowest BCUT2D eigenvalue weighted by atomic mass is 9.93. The second kappa shape index (κ2) is 8.29. The number of benzene rings is 1. The van der Waals surface area contributed by atoms with Crippen LogP contribution in [0.25, 0.3) is 0 Å². The zero-order chi connectivity index (χ0) is 15.1. The molecule has 1 aliphatic carbocycles. The number of carbonyl (C=O) groups excluding carboxylic acids is 1. The molecule has 0 aromatic heterocycles. The first-order valence-corrected chi connectivity index (χ1v) is 8.76. The second-order valence-corrected chi connectivity index (χ2v) is 6.67. The number of aliphatic hydroxyl groups is 1. The van der Waals surface area contributed by atoms with Gasteiger partial charge in [0.15, 0.2) is 0 Å². The highest BCUT2D eigenvalue weighted by Gasteiger charge is 2.24. The number of rotatable bonds is 5. The molecule has 21 heavy (non-hydrogen) atoms. The Morgan fingerprint density at radius 1 is 1.38 bits per heavy atom. The Bertz CT molecular complexity index is 467. The Morgan fingerprint density at radius 2 is 2.19 bits per heavy atom. The van der Waals surface area contributed by atoms with E-state index in [1.54, 1.807) is 0 Å². The van der Waals surface area contributed by atoms with Crippen molar-refractivity contribution < 1.29 is 9.90 Å². The molecule has 2 rings (SSSR count). The average Bonchev–Trinajstić information content (AvgIpc) is 2.48. The van der Waals surface area contributed by atoms with Crippen LogP contribution in [-0.4, -0.2) is 29.0 Å². The lowest BCUT2D eigenvalue weighted by Crippen LogP contribution is -2.46. The molecular weight excluding hydrogens is 284 g/mol. The molecule has 0 saturated heterocycles. The third-order valence-corrected chi connectivity index (χ3v) is 4.65. The van der Waals surface area contributed by atoms with Gasteiger partial charge < -0.3 is 15.7 Å². The lowest BCUT2D eigenvalue weighted by Gasteiger charge is -2.28. The highest BCUT2D eigenvalue weighted by Crippen LogP contribution is 2.19. The van der Waals surface area contributed by atoms with Gasteiger partial charge in [0, 0.05) is 11.4 Å². The van der Waals surface area contributed by atoms with Gasteiger partial charge in [0.1, 0.15) is 0 Å². The van der Waals surface area contributed by atoms with Crippen LogP contribution in [0.2, 0.25) is 0 Å². The molecule has 3 N–H and O–H groups in total. The molecule has 1 aromatic rings. The van der Waals surface area contributed by atoms with Crippen molar-refractivity contribution in [1.29, 1.82) is 0 Å². The van der Waals surface area contributed by atoms with E-state index in [1.165, 1.54) is 5.56 Å². The largest absolute Gasteiger partial charge is 0.391 e. The van der Waals surface area contributed by atoms with Gasteiger partial charge in [-0.05, 0) is 36.3 Å². The van der Waals surface area contributed by atoms with Crippen LogP contribution < -0.4 is 10.6 Å². The SMILES string of the molecule is CCSCc1cccc(NC(=O)NC2CCCCC2O)c1. The van der Waals surface area contributed by atoms with Gasteiger partial charge in [-0.25, -0.2) is 4.79 Å². The molecule has 2 atom stereocenters. The number of carbonyl (C=O) groups is 1. The van der Waals surface area contributed by atoms with Crippen molar-refractivity contribution >= 4 is 23.5 Å². The van der Waals surface area contributed by atoms with E-state index < -0.39 is 6.10 Å². The summed E-state index contributed by atoms with van der Waals surface area (Å²) in [5, 5.41) is 15.6. The summed E-state index contributed by atoms with van der Waals surface area (Å²) >= 11 is 1.86. The summed E-state index contributed by atoms with van der Waals surface area (Å²) in [6.07, 6.45) is 3.30. The number of hydrogen-bond acceptors (Lipinski definition) is 3. The van der Waals surface area contributed by atoms with Gasteiger partial charge in [0.2, 0.25) is 0 Å². The van der Waals surface area contributed by atoms with Gasteiger partial charge in [-0.2, -0.15) is 11.8 Å². The lowest BCUT2D eigenvalue weighted by molar-refractivity contribution is 0.0955. The van der Waals surface area contributed by atoms with Crippen LogP contribution in [0.3, 0.4) is 0 Å². The summed E-state index contributed by atoms with van der Waals surface area (Å²) in [4.78, 5) is 12.0. The Labute approximate surface area is 130 Å². The van der Waals surface area contributed by atoms with Crippen LogP contribution in [-0.2, 0) is 5.75 Å². The second-order valence-electron chi connectivity index (χ2n) is 5.39. The molecule has 0 bridgehead atoms. The zero-order valence-corrected chi connectivity index (χ0v) is 13.3. The van der Waals surface area contributed by atoms with Gasteiger partial charge in [0.25, 0.3) is 0 Å². The number of anilines is 1. The molecule has 1 saturated carbocycles.